The molecule has 2 N–H and O–H groups in total. The zero-order chi connectivity index (χ0) is 14.8. The van der Waals surface area contributed by atoms with E-state index >= 15 is 0 Å². The lowest BCUT2D eigenvalue weighted by molar-refractivity contribution is 0.955. The first-order valence-corrected chi connectivity index (χ1v) is 7.22. The number of fused-ring (bicyclic) bond motifs is 1. The van der Waals surface area contributed by atoms with Crippen molar-refractivity contribution in [2.45, 2.75) is 27.2 Å². The Morgan fingerprint density at radius 2 is 2.05 bits per heavy atom. The van der Waals surface area contributed by atoms with Crippen LogP contribution in [-0.2, 0) is 0 Å². The number of nitrogens with one attached hydrogen (secondary N) is 2. The van der Waals surface area contributed by atoms with Gasteiger partial charge in [0, 0.05) is 12.1 Å². The molecule has 1 aromatic carbocycles. The molecule has 0 amide bonds. The number of aryl methyl sites for hydroxylation is 1. The molecule has 3 aromatic rings. The lowest BCUT2D eigenvalue weighted by Crippen LogP contribution is -2.05. The molecule has 3 rings (SSSR count). The Balaban J connectivity index is 2.20. The first-order valence-electron chi connectivity index (χ1n) is 7.22. The van der Waals surface area contributed by atoms with Crippen molar-refractivity contribution in [3.63, 3.8) is 0 Å². The van der Waals surface area contributed by atoms with E-state index in [-0.39, 0.29) is 0 Å². The minimum absolute atomic E-state index is 0.643. The topological polar surface area (TPSA) is 66.5 Å². The van der Waals surface area contributed by atoms with Gasteiger partial charge in [0.1, 0.15) is 0 Å². The van der Waals surface area contributed by atoms with Crippen molar-refractivity contribution < 1.29 is 0 Å². The van der Waals surface area contributed by atoms with Crippen molar-refractivity contribution in [1.29, 1.82) is 0 Å². The molecule has 2 aromatic heterocycles. The van der Waals surface area contributed by atoms with Gasteiger partial charge in [-0.3, -0.25) is 5.10 Å². The molecular formula is C16H19N5. The number of hydrogen-bond acceptors (Lipinski definition) is 4. The van der Waals surface area contributed by atoms with E-state index in [9.17, 15) is 0 Å². The van der Waals surface area contributed by atoms with E-state index in [4.69, 9.17) is 4.98 Å². The summed E-state index contributed by atoms with van der Waals surface area (Å²) in [6.07, 6.45) is 2.82. The van der Waals surface area contributed by atoms with Crippen LogP contribution < -0.4 is 5.32 Å². The Labute approximate surface area is 123 Å². The Morgan fingerprint density at radius 3 is 2.86 bits per heavy atom. The van der Waals surface area contributed by atoms with Crippen LogP contribution in [0, 0.1) is 13.8 Å². The summed E-state index contributed by atoms with van der Waals surface area (Å²) in [6, 6.07) is 6.27. The largest absolute Gasteiger partial charge is 0.354 e. The maximum Gasteiger partial charge on any atom is 0.225 e. The molecule has 0 spiro atoms. The number of rotatable bonds is 4. The van der Waals surface area contributed by atoms with Crippen LogP contribution in [0.3, 0.4) is 0 Å². The van der Waals surface area contributed by atoms with Crippen LogP contribution in [0.4, 0.5) is 5.95 Å². The van der Waals surface area contributed by atoms with Gasteiger partial charge in [0.05, 0.1) is 17.3 Å². The molecule has 108 valence electrons. The van der Waals surface area contributed by atoms with Gasteiger partial charge in [0.15, 0.2) is 5.65 Å². The van der Waals surface area contributed by atoms with Crippen LogP contribution in [0.5, 0.6) is 0 Å². The summed E-state index contributed by atoms with van der Waals surface area (Å²) in [5, 5.41) is 11.2. The highest BCUT2D eigenvalue weighted by atomic mass is 15.2. The lowest BCUT2D eigenvalue weighted by atomic mass is 9.99. The van der Waals surface area contributed by atoms with Gasteiger partial charge in [-0.25, -0.2) is 4.98 Å². The fraction of sp³-hybridized carbons (Fsp3) is 0.312. The molecule has 0 unspecified atom stereocenters. The van der Waals surface area contributed by atoms with E-state index < -0.39 is 0 Å². The van der Waals surface area contributed by atoms with E-state index in [0.29, 0.717) is 5.95 Å². The molecule has 0 aliphatic rings. The smallest absolute Gasteiger partial charge is 0.225 e. The van der Waals surface area contributed by atoms with Gasteiger partial charge >= 0.3 is 0 Å². The first-order chi connectivity index (χ1) is 10.2. The van der Waals surface area contributed by atoms with Crippen molar-refractivity contribution >= 4 is 17.0 Å². The SMILES string of the molecule is CCCNc1nc(-c2cccc(C)c2C)c2cn[nH]c2n1. The second-order valence-corrected chi connectivity index (χ2v) is 5.20. The number of aromatic amines is 1. The minimum Gasteiger partial charge on any atom is -0.354 e. The standard InChI is InChI=1S/C16H19N5/c1-4-8-17-16-19-14(13-9-18-21-15(13)20-16)12-7-5-6-10(2)11(12)3/h5-7,9H,4,8H2,1-3H3,(H2,17,18,19,20,21). The van der Waals surface area contributed by atoms with Gasteiger partial charge in [-0.2, -0.15) is 10.1 Å². The highest BCUT2D eigenvalue weighted by Gasteiger charge is 2.13. The number of benzene rings is 1. The third-order valence-electron chi connectivity index (χ3n) is 3.70. The monoisotopic (exact) mass is 281 g/mol. The maximum atomic E-state index is 4.70. The van der Waals surface area contributed by atoms with Crippen LogP contribution in [-0.4, -0.2) is 26.7 Å². The Kier molecular flexibility index (Phi) is 3.56. The predicted molar refractivity (Wildman–Crippen MR) is 85.4 cm³/mol. The van der Waals surface area contributed by atoms with Crippen LogP contribution in [0.1, 0.15) is 24.5 Å². The molecule has 21 heavy (non-hydrogen) atoms. The number of hydrogen-bond donors (Lipinski definition) is 2. The summed E-state index contributed by atoms with van der Waals surface area (Å²) < 4.78 is 0. The molecule has 5 nitrogen and oxygen atoms in total. The van der Waals surface area contributed by atoms with Gasteiger partial charge in [0.25, 0.3) is 0 Å². The summed E-state index contributed by atoms with van der Waals surface area (Å²) in [5.41, 5.74) is 5.31. The maximum absolute atomic E-state index is 4.70. The molecule has 0 aliphatic heterocycles. The molecule has 2 heterocycles. The van der Waals surface area contributed by atoms with Gasteiger partial charge in [-0.1, -0.05) is 25.1 Å². The molecule has 0 aliphatic carbocycles. The number of aromatic nitrogens is 4. The predicted octanol–water partition coefficient (Wildman–Crippen LogP) is 3.46. The molecule has 0 atom stereocenters. The Hall–Kier alpha value is -2.43. The third kappa shape index (κ3) is 2.46. The zero-order valence-corrected chi connectivity index (χ0v) is 12.6. The molecule has 0 fully saturated rings. The molecule has 0 radical (unpaired) electrons. The first kappa shape index (κ1) is 13.5. The molecular weight excluding hydrogens is 262 g/mol. The molecule has 0 saturated carbocycles. The third-order valence-corrected chi connectivity index (χ3v) is 3.70. The highest BCUT2D eigenvalue weighted by molar-refractivity contribution is 5.91. The molecule has 0 bridgehead atoms. The van der Waals surface area contributed by atoms with Crippen LogP contribution >= 0.6 is 0 Å². The van der Waals surface area contributed by atoms with Gasteiger partial charge in [-0.15, -0.1) is 0 Å². The van der Waals surface area contributed by atoms with E-state index in [1.165, 1.54) is 11.1 Å². The van der Waals surface area contributed by atoms with Crippen LogP contribution in [0.25, 0.3) is 22.3 Å². The van der Waals surface area contributed by atoms with E-state index in [1.54, 1.807) is 6.20 Å². The minimum atomic E-state index is 0.643. The Morgan fingerprint density at radius 1 is 1.19 bits per heavy atom. The quantitative estimate of drug-likeness (QED) is 0.768. The van der Waals surface area contributed by atoms with Crippen molar-refractivity contribution in [3.05, 3.63) is 35.5 Å². The molecule has 5 heteroatoms. The normalized spacial score (nSPS) is 11.0. The second kappa shape index (κ2) is 5.52. The fourth-order valence-corrected chi connectivity index (χ4v) is 2.36. The number of H-pyrrole nitrogens is 1. The summed E-state index contributed by atoms with van der Waals surface area (Å²) >= 11 is 0. The fourth-order valence-electron chi connectivity index (χ4n) is 2.36. The summed E-state index contributed by atoms with van der Waals surface area (Å²) in [5.74, 6) is 0.643. The van der Waals surface area contributed by atoms with E-state index in [0.717, 1.165) is 35.3 Å². The van der Waals surface area contributed by atoms with Crippen LogP contribution in [0.15, 0.2) is 24.4 Å². The van der Waals surface area contributed by atoms with E-state index in [2.05, 4.69) is 59.5 Å². The second-order valence-electron chi connectivity index (χ2n) is 5.20. The van der Waals surface area contributed by atoms with Crippen molar-refractivity contribution in [1.82, 2.24) is 20.2 Å². The average Bonchev–Trinajstić information content (AvgIpc) is 2.95. The summed E-state index contributed by atoms with van der Waals surface area (Å²) in [6.45, 7) is 7.21. The van der Waals surface area contributed by atoms with Gasteiger partial charge < -0.3 is 5.32 Å². The Bertz CT molecular complexity index is 775. The highest BCUT2D eigenvalue weighted by Crippen LogP contribution is 2.29. The summed E-state index contributed by atoms with van der Waals surface area (Å²) in [4.78, 5) is 9.17. The van der Waals surface area contributed by atoms with E-state index in [1.807, 2.05) is 0 Å². The zero-order valence-electron chi connectivity index (χ0n) is 12.6. The lowest BCUT2D eigenvalue weighted by Gasteiger charge is -2.11. The molecule has 0 saturated heterocycles. The van der Waals surface area contributed by atoms with Crippen molar-refractivity contribution in [3.8, 4) is 11.3 Å². The van der Waals surface area contributed by atoms with Crippen molar-refractivity contribution in [2.75, 3.05) is 11.9 Å². The number of anilines is 1. The number of nitrogens with zero attached hydrogens (tertiary/aromatic N) is 3. The van der Waals surface area contributed by atoms with Gasteiger partial charge in [-0.05, 0) is 31.4 Å². The van der Waals surface area contributed by atoms with Crippen LogP contribution in [0.2, 0.25) is 0 Å². The van der Waals surface area contributed by atoms with Gasteiger partial charge in [0.2, 0.25) is 5.95 Å². The summed E-state index contributed by atoms with van der Waals surface area (Å²) in [7, 11) is 0. The average molecular weight is 281 g/mol. The van der Waals surface area contributed by atoms with Crippen molar-refractivity contribution in [2.24, 2.45) is 0 Å².